The van der Waals surface area contributed by atoms with Crippen molar-refractivity contribution < 1.29 is 0 Å². The quantitative estimate of drug-likeness (QED) is 0.180. The number of hydrogen-bond donors (Lipinski definition) is 0. The third kappa shape index (κ3) is 5.39. The molecule has 0 spiro atoms. The van der Waals surface area contributed by atoms with E-state index in [0.717, 1.165) is 19.3 Å². The van der Waals surface area contributed by atoms with Crippen LogP contribution in [0.4, 0.5) is 17.1 Å². The van der Waals surface area contributed by atoms with E-state index in [2.05, 4.69) is 171 Å². The van der Waals surface area contributed by atoms with Crippen molar-refractivity contribution in [2.75, 3.05) is 4.90 Å². The summed E-state index contributed by atoms with van der Waals surface area (Å²) in [5.74, 6) is 0. The van der Waals surface area contributed by atoms with E-state index < -0.39 is 0 Å². The molecular formula is C50H52N2. The van der Waals surface area contributed by atoms with Crippen LogP contribution in [0.1, 0.15) is 84.9 Å². The molecule has 6 aromatic carbocycles. The maximum atomic E-state index is 2.54. The van der Waals surface area contributed by atoms with Gasteiger partial charge in [0.1, 0.15) is 0 Å². The molecule has 0 radical (unpaired) electrons. The lowest BCUT2D eigenvalue weighted by Crippen LogP contribution is -2.41. The van der Waals surface area contributed by atoms with Gasteiger partial charge in [0.05, 0.1) is 27.9 Å². The topological polar surface area (TPSA) is 8.17 Å². The van der Waals surface area contributed by atoms with Crippen molar-refractivity contribution in [2.45, 2.75) is 80.1 Å². The van der Waals surface area contributed by atoms with Crippen molar-refractivity contribution in [1.82, 2.24) is 4.57 Å². The van der Waals surface area contributed by atoms with Gasteiger partial charge < -0.3 is 9.47 Å². The zero-order chi connectivity index (χ0) is 36.6. The first-order valence-corrected chi connectivity index (χ1v) is 19.4. The summed E-state index contributed by atoms with van der Waals surface area (Å²) >= 11 is 0. The van der Waals surface area contributed by atoms with Crippen LogP contribution in [0.2, 0.25) is 0 Å². The summed E-state index contributed by atoms with van der Waals surface area (Å²) in [6.45, 7) is 17.3. The lowest BCUT2D eigenvalue weighted by Gasteiger charge is -2.35. The first-order valence-electron chi connectivity index (χ1n) is 19.4. The second-order valence-corrected chi connectivity index (χ2v) is 13.8. The van der Waals surface area contributed by atoms with Gasteiger partial charge in [-0.25, -0.2) is 0 Å². The summed E-state index contributed by atoms with van der Waals surface area (Å²) in [5, 5.41) is 9.12. The standard InChI is InChI=1S/C46H40N2.2C2H6/c1-5-33-38-29-32(26-27-42(38)48-43-24-14-13-23-40(43)46(3,4)39(6-2)45(33)48)47(41-25-15-18-30-16-7-10-20-35(30)41)44-28-31-17-8-9-19-34(31)36-21-11-12-22-37(36)44;2*1-2/h5,7-10,12-20,22-29H,6,11,21H2,1-4H3;2*1-2H3/b33-5-;;. The van der Waals surface area contributed by atoms with Crippen molar-refractivity contribution >= 4 is 67.2 Å². The third-order valence-electron chi connectivity index (χ3n) is 11.0. The second-order valence-electron chi connectivity index (χ2n) is 13.8. The van der Waals surface area contributed by atoms with Crippen LogP contribution in [0.25, 0.3) is 55.9 Å². The fraction of sp³-hybridized carbons (Fsp3) is 0.240. The highest BCUT2D eigenvalue weighted by atomic mass is 15.1. The number of para-hydroxylation sites is 1. The highest BCUT2D eigenvalue weighted by molar-refractivity contribution is 6.04. The molecule has 1 aromatic heterocycles. The van der Waals surface area contributed by atoms with Crippen LogP contribution in [-0.2, 0) is 11.8 Å². The fourth-order valence-electron chi connectivity index (χ4n) is 8.85. The summed E-state index contributed by atoms with van der Waals surface area (Å²) in [7, 11) is 0. The molecule has 1 aliphatic carbocycles. The molecule has 2 nitrogen and oxygen atoms in total. The molecule has 9 rings (SSSR count). The van der Waals surface area contributed by atoms with Gasteiger partial charge in [-0.2, -0.15) is 0 Å². The van der Waals surface area contributed by atoms with Gasteiger partial charge in [0.15, 0.2) is 0 Å². The van der Waals surface area contributed by atoms with Crippen LogP contribution in [0, 0.1) is 0 Å². The molecule has 2 heteroatoms. The minimum atomic E-state index is -0.0538. The average Bonchev–Trinajstić information content (AvgIpc) is 3.53. The minimum absolute atomic E-state index is 0.0538. The highest BCUT2D eigenvalue weighted by Crippen LogP contribution is 2.46. The Balaban J connectivity index is 0.00000102. The Kier molecular flexibility index (Phi) is 9.68. The summed E-state index contributed by atoms with van der Waals surface area (Å²) in [4.78, 5) is 2.53. The third-order valence-corrected chi connectivity index (χ3v) is 11.0. The summed E-state index contributed by atoms with van der Waals surface area (Å²) in [5.41, 5.74) is 11.7. The lowest BCUT2D eigenvalue weighted by molar-refractivity contribution is 0.641. The monoisotopic (exact) mass is 680 g/mol. The minimum Gasteiger partial charge on any atom is -0.309 e. The smallest absolute Gasteiger partial charge is 0.0543 e. The molecule has 0 amide bonds. The molecule has 0 unspecified atom stereocenters. The van der Waals surface area contributed by atoms with Crippen LogP contribution in [0.3, 0.4) is 0 Å². The van der Waals surface area contributed by atoms with Gasteiger partial charge >= 0.3 is 0 Å². The maximum Gasteiger partial charge on any atom is 0.0543 e. The predicted molar refractivity (Wildman–Crippen MR) is 229 cm³/mol. The number of fused-ring (bicyclic) bond motifs is 9. The average molecular weight is 681 g/mol. The van der Waals surface area contributed by atoms with E-state index in [9.17, 15) is 0 Å². The van der Waals surface area contributed by atoms with Crippen molar-refractivity contribution in [3.63, 3.8) is 0 Å². The molecule has 262 valence electrons. The number of aryl methyl sites for hydroxylation is 1. The Morgan fingerprint density at radius 2 is 1.40 bits per heavy atom. The van der Waals surface area contributed by atoms with E-state index in [-0.39, 0.29) is 5.41 Å². The van der Waals surface area contributed by atoms with Gasteiger partial charge in [-0.15, -0.1) is 0 Å². The van der Waals surface area contributed by atoms with Crippen LogP contribution in [-0.4, -0.2) is 4.57 Å². The Hall–Kier alpha value is -5.34. The number of aromatic nitrogens is 1. The number of allylic oxidation sites excluding steroid dienone is 1. The fourth-order valence-corrected chi connectivity index (χ4v) is 8.85. The summed E-state index contributed by atoms with van der Waals surface area (Å²) in [6, 6.07) is 43.0. The van der Waals surface area contributed by atoms with E-state index in [1.807, 2.05) is 27.7 Å². The molecule has 7 aromatic rings. The zero-order valence-electron chi connectivity index (χ0n) is 32.2. The SMILES string of the molecule is C/C=c1\c2n(c3ccc(N(c4cc5ccccc5c5c4C=CCC5)c4cccc5ccccc45)cc13)-c1ccccc1C(C)(C)C=2CC.CC.CC. The second kappa shape index (κ2) is 14.4. The van der Waals surface area contributed by atoms with E-state index in [1.165, 1.54) is 88.0 Å². The van der Waals surface area contributed by atoms with E-state index in [1.54, 1.807) is 0 Å². The van der Waals surface area contributed by atoms with Crippen LogP contribution >= 0.6 is 0 Å². The number of nitrogens with zero attached hydrogens (tertiary/aromatic N) is 2. The first kappa shape index (κ1) is 35.1. The molecule has 1 aliphatic heterocycles. The van der Waals surface area contributed by atoms with Crippen LogP contribution < -0.4 is 15.5 Å². The van der Waals surface area contributed by atoms with Crippen LogP contribution in [0.5, 0.6) is 0 Å². The molecule has 0 atom stereocenters. The van der Waals surface area contributed by atoms with Gasteiger partial charge in [0, 0.05) is 32.7 Å². The summed E-state index contributed by atoms with van der Waals surface area (Å²) in [6.07, 6.45) is 10.2. The molecule has 0 N–H and O–H groups in total. The maximum absolute atomic E-state index is 2.54. The van der Waals surface area contributed by atoms with Gasteiger partial charge in [0.2, 0.25) is 0 Å². The van der Waals surface area contributed by atoms with Gasteiger partial charge in [-0.05, 0) is 95.4 Å². The van der Waals surface area contributed by atoms with E-state index in [4.69, 9.17) is 0 Å². The Bertz CT molecular complexity index is 2590. The molecule has 2 heterocycles. The molecule has 0 saturated heterocycles. The largest absolute Gasteiger partial charge is 0.309 e. The normalized spacial score (nSPS) is 14.2. The number of benzene rings is 6. The van der Waals surface area contributed by atoms with Crippen molar-refractivity contribution in [2.24, 2.45) is 0 Å². The van der Waals surface area contributed by atoms with Gasteiger partial charge in [-0.3, -0.25) is 0 Å². The molecule has 0 fully saturated rings. The Labute approximate surface area is 310 Å². The number of hydrogen-bond acceptors (Lipinski definition) is 1. The molecule has 0 saturated carbocycles. The van der Waals surface area contributed by atoms with Gasteiger partial charge in [0.25, 0.3) is 0 Å². The first-order chi connectivity index (χ1) is 25.5. The van der Waals surface area contributed by atoms with Crippen molar-refractivity contribution in [3.05, 3.63) is 149 Å². The molecule has 52 heavy (non-hydrogen) atoms. The van der Waals surface area contributed by atoms with E-state index in [0.29, 0.717) is 0 Å². The highest BCUT2D eigenvalue weighted by Gasteiger charge is 2.34. The van der Waals surface area contributed by atoms with Crippen LogP contribution in [0.15, 0.2) is 121 Å². The molecule has 0 bridgehead atoms. The number of anilines is 3. The predicted octanol–water partition coefficient (Wildman–Crippen LogP) is 13.1. The van der Waals surface area contributed by atoms with Crippen molar-refractivity contribution in [1.29, 1.82) is 0 Å². The van der Waals surface area contributed by atoms with Crippen molar-refractivity contribution in [3.8, 4) is 5.69 Å². The molecular weight excluding hydrogens is 629 g/mol. The number of rotatable bonds is 4. The Morgan fingerprint density at radius 3 is 2.17 bits per heavy atom. The lowest BCUT2D eigenvalue weighted by atomic mass is 9.74. The molecule has 2 aliphatic rings. The van der Waals surface area contributed by atoms with Gasteiger partial charge in [-0.1, -0.05) is 146 Å². The zero-order valence-corrected chi connectivity index (χ0v) is 32.2. The Morgan fingerprint density at radius 1 is 0.712 bits per heavy atom. The summed E-state index contributed by atoms with van der Waals surface area (Å²) < 4.78 is 2.54. The van der Waals surface area contributed by atoms with E-state index >= 15 is 0 Å².